The van der Waals surface area contributed by atoms with Crippen molar-refractivity contribution in [3.63, 3.8) is 0 Å². The van der Waals surface area contributed by atoms with Crippen molar-refractivity contribution in [3.05, 3.63) is 84.3 Å². The molecule has 0 radical (unpaired) electrons. The molecule has 1 saturated heterocycles. The molecular formula is C35H38FN9O4. The quantitative estimate of drug-likeness (QED) is 0.244. The highest BCUT2D eigenvalue weighted by Crippen LogP contribution is 2.40. The van der Waals surface area contributed by atoms with E-state index in [1.165, 1.54) is 0 Å². The van der Waals surface area contributed by atoms with Crippen LogP contribution in [0.2, 0.25) is 0 Å². The van der Waals surface area contributed by atoms with E-state index < -0.39 is 5.82 Å². The van der Waals surface area contributed by atoms with Crippen molar-refractivity contribution >= 4 is 34.1 Å². The second-order valence-electron chi connectivity index (χ2n) is 11.9. The molecule has 49 heavy (non-hydrogen) atoms. The van der Waals surface area contributed by atoms with Gasteiger partial charge in [-0.05, 0) is 41.8 Å². The van der Waals surface area contributed by atoms with Gasteiger partial charge in [0.05, 0.1) is 32.5 Å². The summed E-state index contributed by atoms with van der Waals surface area (Å²) in [4.78, 5) is 44.6. The first-order valence-electron chi connectivity index (χ1n) is 16.1. The molecule has 0 atom stereocenters. The number of fused-ring (bicyclic) bond motifs is 1. The smallest absolute Gasteiger partial charge is 0.270 e. The summed E-state index contributed by atoms with van der Waals surface area (Å²) in [6.07, 6.45) is 9.39. The molecular weight excluding hydrogens is 629 g/mol. The van der Waals surface area contributed by atoms with E-state index in [1.54, 1.807) is 77.8 Å². The summed E-state index contributed by atoms with van der Waals surface area (Å²) >= 11 is 0. The van der Waals surface area contributed by atoms with Gasteiger partial charge >= 0.3 is 0 Å². The number of hydrogen-bond acceptors (Lipinski definition) is 9. The number of halogens is 1. The number of benzene rings is 1. The second-order valence-corrected chi connectivity index (χ2v) is 11.9. The average Bonchev–Trinajstić information content (AvgIpc) is 3.85. The lowest BCUT2D eigenvalue weighted by Crippen LogP contribution is -2.49. The normalized spacial score (nSPS) is 15.0. The Balaban J connectivity index is 0.00000432. The summed E-state index contributed by atoms with van der Waals surface area (Å²) in [6, 6.07) is 10.8. The maximum Gasteiger partial charge on any atom is 0.270 e. The van der Waals surface area contributed by atoms with E-state index in [0.29, 0.717) is 85.0 Å². The van der Waals surface area contributed by atoms with Gasteiger partial charge in [-0.15, -0.1) is 5.10 Å². The van der Waals surface area contributed by atoms with Crippen molar-refractivity contribution < 1.29 is 24.9 Å². The molecule has 2 aliphatic rings. The number of aryl methyl sites for hydroxylation is 1. The third kappa shape index (κ3) is 6.41. The van der Waals surface area contributed by atoms with Crippen LogP contribution in [0.3, 0.4) is 0 Å². The molecule has 0 bridgehead atoms. The third-order valence-corrected chi connectivity index (χ3v) is 9.06. The van der Waals surface area contributed by atoms with Gasteiger partial charge in [-0.2, -0.15) is 4.98 Å². The topological polar surface area (TPSA) is 135 Å². The minimum absolute atomic E-state index is 0. The zero-order valence-corrected chi connectivity index (χ0v) is 27.3. The zero-order valence-electron chi connectivity index (χ0n) is 27.3. The molecule has 7 rings (SSSR count). The maximum atomic E-state index is 16.6. The molecule has 0 spiro atoms. The highest BCUT2D eigenvalue weighted by molar-refractivity contribution is 6.05. The molecule has 0 saturated carbocycles. The standard InChI is InChI=1S/C35H36FN9O4.H2/c1-48-29-8-10-37-21-27(29)25-19-24(23-5-4-12-44(22-23)32(46)9-13-45-14-11-38-41-45)33(36)34-26(25)20-28(39-34)35(47)43-17-15-42(16-18-43)30-6-3-7-31(40-30)49-2;/h3,5-8,10-11,14,19-21,39H,4,9,12-13,15-18,22H2,1-2H3;1H. The monoisotopic (exact) mass is 667 g/mol. The van der Waals surface area contributed by atoms with Crippen molar-refractivity contribution in [2.24, 2.45) is 0 Å². The van der Waals surface area contributed by atoms with E-state index in [0.717, 1.165) is 5.82 Å². The van der Waals surface area contributed by atoms with Gasteiger partial charge in [0.2, 0.25) is 11.8 Å². The number of carbonyl (C=O) groups excluding carboxylic acids is 2. The largest absolute Gasteiger partial charge is 0.496 e. The Labute approximate surface area is 283 Å². The summed E-state index contributed by atoms with van der Waals surface area (Å²) in [7, 11) is 3.15. The van der Waals surface area contributed by atoms with Gasteiger partial charge in [0.25, 0.3) is 5.91 Å². The van der Waals surface area contributed by atoms with Crippen LogP contribution in [-0.4, -0.2) is 105 Å². The highest BCUT2D eigenvalue weighted by Gasteiger charge is 2.28. The van der Waals surface area contributed by atoms with E-state index in [2.05, 4.69) is 30.2 Å². The Morgan fingerprint density at radius 2 is 1.84 bits per heavy atom. The summed E-state index contributed by atoms with van der Waals surface area (Å²) in [5, 5.41) is 8.26. The molecule has 2 amide bonds. The number of methoxy groups -OCH3 is 2. The molecule has 0 unspecified atom stereocenters. The first-order valence-corrected chi connectivity index (χ1v) is 16.1. The second kappa shape index (κ2) is 13.7. The molecule has 4 aromatic heterocycles. The van der Waals surface area contributed by atoms with E-state index in [9.17, 15) is 9.59 Å². The number of rotatable bonds is 9. The Morgan fingerprint density at radius 1 is 0.980 bits per heavy atom. The van der Waals surface area contributed by atoms with Gasteiger partial charge < -0.3 is 29.2 Å². The number of nitrogens with zero attached hydrogens (tertiary/aromatic N) is 8. The highest BCUT2D eigenvalue weighted by atomic mass is 19.1. The van der Waals surface area contributed by atoms with Crippen LogP contribution in [0.4, 0.5) is 10.2 Å². The Hall–Kier alpha value is -5.79. The molecule has 1 N–H and O–H groups in total. The molecule has 5 aromatic rings. The van der Waals surface area contributed by atoms with Gasteiger partial charge in [0.15, 0.2) is 5.82 Å². The molecule has 2 aliphatic heterocycles. The number of hydrogen-bond donors (Lipinski definition) is 1. The predicted molar refractivity (Wildman–Crippen MR) is 183 cm³/mol. The van der Waals surface area contributed by atoms with E-state index in [4.69, 9.17) is 9.47 Å². The fraction of sp³-hybridized carbons (Fsp3) is 0.314. The first kappa shape index (κ1) is 31.8. The fourth-order valence-electron chi connectivity index (χ4n) is 6.47. The van der Waals surface area contributed by atoms with Crippen LogP contribution in [0.5, 0.6) is 11.6 Å². The maximum absolute atomic E-state index is 16.6. The number of aromatic amines is 1. The number of H-pyrrole nitrogens is 1. The van der Waals surface area contributed by atoms with Gasteiger partial charge in [-0.3, -0.25) is 19.3 Å². The Kier molecular flexibility index (Phi) is 8.92. The third-order valence-electron chi connectivity index (χ3n) is 9.06. The van der Waals surface area contributed by atoms with Gasteiger partial charge in [-0.25, -0.2) is 4.39 Å². The van der Waals surface area contributed by atoms with Crippen LogP contribution < -0.4 is 14.4 Å². The number of nitrogens with one attached hydrogen (secondary N) is 1. The number of amides is 2. The average molecular weight is 668 g/mol. The molecule has 0 aliphatic carbocycles. The number of piperazine rings is 1. The SMILES string of the molecule is COc1cccc(N2CCN(C(=O)c3cc4c(-c5cnccc5OC)cc(C5=CCCN(C(=O)CCn6ccnn6)C5)c(F)c4[nH]3)CC2)n1.[HH]. The minimum atomic E-state index is -0.488. The van der Waals surface area contributed by atoms with Gasteiger partial charge in [0, 0.05) is 88.3 Å². The molecule has 1 fully saturated rings. The molecule has 14 heteroatoms. The van der Waals surface area contributed by atoms with Crippen molar-refractivity contribution in [1.82, 2.24) is 39.7 Å². The lowest BCUT2D eigenvalue weighted by molar-refractivity contribution is -0.131. The van der Waals surface area contributed by atoms with Crippen molar-refractivity contribution in [1.29, 1.82) is 0 Å². The zero-order chi connectivity index (χ0) is 33.9. The van der Waals surface area contributed by atoms with Crippen molar-refractivity contribution in [2.75, 3.05) is 58.4 Å². The van der Waals surface area contributed by atoms with Crippen LogP contribution in [0, 0.1) is 5.82 Å². The summed E-state index contributed by atoms with van der Waals surface area (Å²) in [5.74, 6) is 1.12. The molecule has 1 aromatic carbocycles. The molecule has 6 heterocycles. The van der Waals surface area contributed by atoms with Crippen LogP contribution in [0.15, 0.2) is 67.3 Å². The van der Waals surface area contributed by atoms with E-state index in [1.807, 2.05) is 18.2 Å². The van der Waals surface area contributed by atoms with Crippen molar-refractivity contribution in [2.45, 2.75) is 19.4 Å². The van der Waals surface area contributed by atoms with Crippen LogP contribution in [-0.2, 0) is 11.3 Å². The summed E-state index contributed by atoms with van der Waals surface area (Å²) in [6.45, 7) is 3.31. The van der Waals surface area contributed by atoms with Crippen LogP contribution in [0.25, 0.3) is 27.6 Å². The van der Waals surface area contributed by atoms with Gasteiger partial charge in [0.1, 0.15) is 17.3 Å². The molecule has 13 nitrogen and oxygen atoms in total. The predicted octanol–water partition coefficient (Wildman–Crippen LogP) is 4.29. The number of pyridine rings is 2. The number of anilines is 1. The lowest BCUT2D eigenvalue weighted by Gasteiger charge is -2.35. The number of aromatic nitrogens is 6. The van der Waals surface area contributed by atoms with Crippen LogP contribution in [0.1, 0.15) is 30.3 Å². The van der Waals surface area contributed by atoms with Crippen LogP contribution >= 0.6 is 0 Å². The number of ether oxygens (including phenoxy) is 2. The minimum Gasteiger partial charge on any atom is -0.496 e. The Bertz CT molecular complexity index is 2030. The summed E-state index contributed by atoms with van der Waals surface area (Å²) in [5.41, 5.74) is 2.85. The first-order chi connectivity index (χ1) is 23.9. The fourth-order valence-corrected chi connectivity index (χ4v) is 6.47. The summed E-state index contributed by atoms with van der Waals surface area (Å²) < 4.78 is 29.2. The van der Waals surface area contributed by atoms with Crippen molar-refractivity contribution in [3.8, 4) is 22.8 Å². The Morgan fingerprint density at radius 3 is 2.61 bits per heavy atom. The number of carbonyl (C=O) groups is 2. The molecule has 254 valence electrons. The van der Waals surface area contributed by atoms with E-state index in [-0.39, 0.29) is 37.4 Å². The van der Waals surface area contributed by atoms with Gasteiger partial charge in [-0.1, -0.05) is 17.4 Å². The van der Waals surface area contributed by atoms with E-state index >= 15 is 4.39 Å². The lowest BCUT2D eigenvalue weighted by atomic mass is 9.93.